The van der Waals surface area contributed by atoms with E-state index in [9.17, 15) is 0 Å². The van der Waals surface area contributed by atoms with Crippen molar-refractivity contribution in [1.82, 2.24) is 10.6 Å². The first-order chi connectivity index (χ1) is 13.3. The van der Waals surface area contributed by atoms with Crippen molar-refractivity contribution in [3.63, 3.8) is 0 Å². The maximum Gasteiger partial charge on any atom is 0.191 e. The molecule has 2 N–H and O–H groups in total. The van der Waals surface area contributed by atoms with Crippen molar-refractivity contribution < 1.29 is 9.47 Å². The molecule has 0 radical (unpaired) electrons. The van der Waals surface area contributed by atoms with Gasteiger partial charge in [-0.1, -0.05) is 24.3 Å². The van der Waals surface area contributed by atoms with Crippen LogP contribution >= 0.6 is 24.0 Å². The average molecular weight is 495 g/mol. The minimum Gasteiger partial charge on any atom is -0.497 e. The first-order valence-corrected chi connectivity index (χ1v) is 9.68. The van der Waals surface area contributed by atoms with Crippen molar-refractivity contribution in [2.45, 2.75) is 26.2 Å². The number of fused-ring (bicyclic) bond motifs is 1. The van der Waals surface area contributed by atoms with E-state index in [1.807, 2.05) is 12.1 Å². The molecule has 0 aliphatic carbocycles. The van der Waals surface area contributed by atoms with Crippen molar-refractivity contribution in [2.75, 3.05) is 33.4 Å². The molecule has 0 amide bonds. The Morgan fingerprint density at radius 2 is 1.96 bits per heavy atom. The molecule has 0 fully saturated rings. The molecule has 0 spiro atoms. The molecule has 0 saturated heterocycles. The molecule has 0 atom stereocenters. The molecule has 28 heavy (non-hydrogen) atoms. The number of guanidine groups is 1. The highest BCUT2D eigenvalue weighted by atomic mass is 127. The minimum absolute atomic E-state index is 0. The first kappa shape index (κ1) is 22.3. The van der Waals surface area contributed by atoms with E-state index in [4.69, 9.17) is 14.5 Å². The quantitative estimate of drug-likeness (QED) is 0.334. The van der Waals surface area contributed by atoms with Gasteiger partial charge in [0.1, 0.15) is 11.5 Å². The Hall–Kier alpha value is -1.96. The number of hydrogen-bond donors (Lipinski definition) is 2. The molecule has 2 aromatic carbocycles. The molecule has 2 aromatic rings. The average Bonchev–Trinajstić information content (AvgIpc) is 3.16. The van der Waals surface area contributed by atoms with Crippen molar-refractivity contribution >= 4 is 29.9 Å². The van der Waals surface area contributed by atoms with Gasteiger partial charge in [0.05, 0.1) is 13.7 Å². The van der Waals surface area contributed by atoms with Gasteiger partial charge in [-0.15, -0.1) is 24.0 Å². The van der Waals surface area contributed by atoms with Gasteiger partial charge >= 0.3 is 0 Å². The Morgan fingerprint density at radius 1 is 1.11 bits per heavy atom. The highest BCUT2D eigenvalue weighted by Gasteiger charge is 2.11. The molecule has 0 aromatic heterocycles. The predicted octanol–water partition coefficient (Wildman–Crippen LogP) is 3.59. The van der Waals surface area contributed by atoms with Crippen molar-refractivity contribution in [3.8, 4) is 11.5 Å². The largest absolute Gasteiger partial charge is 0.497 e. The van der Waals surface area contributed by atoms with Crippen LogP contribution in [0.3, 0.4) is 0 Å². The SMILES string of the molecule is CCNC(=NCCc1ccc2c(c1)CCO2)NCCc1cccc(OC)c1.I. The summed E-state index contributed by atoms with van der Waals surface area (Å²) in [6.07, 6.45) is 2.87. The highest BCUT2D eigenvalue weighted by molar-refractivity contribution is 14.0. The number of aliphatic imine (C=N–C) groups is 1. The van der Waals surface area contributed by atoms with E-state index in [1.165, 1.54) is 16.7 Å². The Labute approximate surface area is 184 Å². The van der Waals surface area contributed by atoms with Crippen LogP contribution in [0.15, 0.2) is 47.5 Å². The van der Waals surface area contributed by atoms with Gasteiger partial charge in [-0.25, -0.2) is 0 Å². The third-order valence-corrected chi connectivity index (χ3v) is 4.61. The molecule has 1 aliphatic heterocycles. The molecule has 5 nitrogen and oxygen atoms in total. The Bertz CT molecular complexity index is 780. The van der Waals surface area contributed by atoms with Gasteiger partial charge < -0.3 is 20.1 Å². The topological polar surface area (TPSA) is 54.9 Å². The number of halogens is 1. The van der Waals surface area contributed by atoms with Crippen LogP contribution in [0.2, 0.25) is 0 Å². The number of rotatable bonds is 8. The van der Waals surface area contributed by atoms with Crippen LogP contribution in [0.25, 0.3) is 0 Å². The van der Waals surface area contributed by atoms with Crippen molar-refractivity contribution in [3.05, 3.63) is 59.2 Å². The predicted molar refractivity (Wildman–Crippen MR) is 125 cm³/mol. The third-order valence-electron chi connectivity index (χ3n) is 4.61. The van der Waals surface area contributed by atoms with E-state index in [2.05, 4.69) is 47.9 Å². The van der Waals surface area contributed by atoms with Crippen LogP contribution in [-0.2, 0) is 19.3 Å². The van der Waals surface area contributed by atoms with Crippen LogP contribution in [0.4, 0.5) is 0 Å². The normalized spacial score (nSPS) is 12.6. The summed E-state index contributed by atoms with van der Waals surface area (Å²) in [5.41, 5.74) is 3.88. The number of ether oxygens (including phenoxy) is 2. The summed E-state index contributed by atoms with van der Waals surface area (Å²) in [4.78, 5) is 4.71. The van der Waals surface area contributed by atoms with E-state index in [0.29, 0.717) is 0 Å². The summed E-state index contributed by atoms with van der Waals surface area (Å²) in [6.45, 7) is 5.32. The standard InChI is InChI=1S/C22H29N3O2.HI/c1-3-23-22(24-12-9-17-5-4-6-20(16-17)26-2)25-13-10-18-7-8-21-19(15-18)11-14-27-21;/h4-8,15-16H,3,9-14H2,1-2H3,(H2,23,24,25);1H. The second-order valence-electron chi connectivity index (χ2n) is 6.58. The molecular weight excluding hydrogens is 465 g/mol. The number of hydrogen-bond acceptors (Lipinski definition) is 3. The molecular formula is C22H30IN3O2. The fourth-order valence-corrected chi connectivity index (χ4v) is 3.19. The van der Waals surface area contributed by atoms with Crippen molar-refractivity contribution in [1.29, 1.82) is 0 Å². The number of nitrogens with one attached hydrogen (secondary N) is 2. The summed E-state index contributed by atoms with van der Waals surface area (Å²) in [7, 11) is 1.70. The molecule has 1 heterocycles. The van der Waals surface area contributed by atoms with E-state index < -0.39 is 0 Å². The fraction of sp³-hybridized carbons (Fsp3) is 0.409. The monoisotopic (exact) mass is 495 g/mol. The summed E-state index contributed by atoms with van der Waals surface area (Å²) in [6, 6.07) is 14.7. The van der Waals surface area contributed by atoms with Crippen molar-refractivity contribution in [2.24, 2.45) is 4.99 Å². The summed E-state index contributed by atoms with van der Waals surface area (Å²) in [5, 5.41) is 6.73. The Kier molecular flexibility index (Phi) is 9.40. The van der Waals surface area contributed by atoms with E-state index >= 15 is 0 Å². The summed E-state index contributed by atoms with van der Waals surface area (Å²) >= 11 is 0. The van der Waals surface area contributed by atoms with Gasteiger partial charge in [-0.05, 0) is 54.7 Å². The fourth-order valence-electron chi connectivity index (χ4n) is 3.19. The summed E-state index contributed by atoms with van der Waals surface area (Å²) < 4.78 is 10.8. The first-order valence-electron chi connectivity index (χ1n) is 9.68. The molecule has 0 bridgehead atoms. The van der Waals surface area contributed by atoms with E-state index in [-0.39, 0.29) is 24.0 Å². The van der Waals surface area contributed by atoms with Gasteiger partial charge in [0.15, 0.2) is 5.96 Å². The lowest BCUT2D eigenvalue weighted by atomic mass is 10.1. The lowest BCUT2D eigenvalue weighted by Gasteiger charge is -2.12. The maximum absolute atomic E-state index is 5.57. The third kappa shape index (κ3) is 6.58. The zero-order valence-corrected chi connectivity index (χ0v) is 19.0. The van der Waals surface area contributed by atoms with Crippen LogP contribution in [0.5, 0.6) is 11.5 Å². The molecule has 0 saturated carbocycles. The zero-order valence-electron chi connectivity index (χ0n) is 16.7. The Morgan fingerprint density at radius 3 is 2.79 bits per heavy atom. The van der Waals surface area contributed by atoms with E-state index in [0.717, 1.165) is 63.0 Å². The van der Waals surface area contributed by atoms with Gasteiger partial charge in [0.25, 0.3) is 0 Å². The maximum atomic E-state index is 5.57. The van der Waals surface area contributed by atoms with Crippen LogP contribution in [-0.4, -0.2) is 39.3 Å². The minimum atomic E-state index is 0. The van der Waals surface area contributed by atoms with Gasteiger partial charge in [0, 0.05) is 26.1 Å². The lowest BCUT2D eigenvalue weighted by Crippen LogP contribution is -2.38. The van der Waals surface area contributed by atoms with Gasteiger partial charge in [-0.3, -0.25) is 4.99 Å². The highest BCUT2D eigenvalue weighted by Crippen LogP contribution is 2.25. The molecule has 6 heteroatoms. The second-order valence-corrected chi connectivity index (χ2v) is 6.58. The van der Waals surface area contributed by atoms with Crippen LogP contribution in [0.1, 0.15) is 23.6 Å². The Balaban J connectivity index is 0.00000280. The number of methoxy groups -OCH3 is 1. The van der Waals surface area contributed by atoms with Crippen LogP contribution in [0, 0.1) is 0 Å². The zero-order chi connectivity index (χ0) is 18.9. The van der Waals surface area contributed by atoms with Gasteiger partial charge in [-0.2, -0.15) is 0 Å². The molecule has 3 rings (SSSR count). The molecule has 152 valence electrons. The smallest absolute Gasteiger partial charge is 0.191 e. The molecule has 1 aliphatic rings. The number of nitrogens with zero attached hydrogens (tertiary/aromatic N) is 1. The summed E-state index contributed by atoms with van der Waals surface area (Å²) in [5.74, 6) is 2.80. The molecule has 0 unspecified atom stereocenters. The van der Waals surface area contributed by atoms with E-state index in [1.54, 1.807) is 7.11 Å². The van der Waals surface area contributed by atoms with Crippen LogP contribution < -0.4 is 20.1 Å². The number of benzene rings is 2. The lowest BCUT2D eigenvalue weighted by molar-refractivity contribution is 0.357. The van der Waals surface area contributed by atoms with Gasteiger partial charge in [0.2, 0.25) is 0 Å². The second kappa shape index (κ2) is 11.8.